The average Bonchev–Trinajstić information content (AvgIpc) is 2.66. The summed E-state index contributed by atoms with van der Waals surface area (Å²) >= 11 is 5.54. The monoisotopic (exact) mass is 294 g/mol. The Kier molecular flexibility index (Phi) is 5.02. The zero-order valence-corrected chi connectivity index (χ0v) is 13.9. The minimum Gasteiger partial charge on any atom is -0.360 e. The molecule has 0 radical (unpaired) electrons. The van der Waals surface area contributed by atoms with Crippen LogP contribution in [0.1, 0.15) is 49.1 Å². The molecule has 112 valence electrons. The first-order chi connectivity index (χ1) is 9.49. The van der Waals surface area contributed by atoms with Gasteiger partial charge in [0.2, 0.25) is 0 Å². The van der Waals surface area contributed by atoms with Crippen molar-refractivity contribution in [1.82, 2.24) is 20.0 Å². The third-order valence-corrected chi connectivity index (χ3v) is 4.76. The topological polar surface area (TPSA) is 33.1 Å². The van der Waals surface area contributed by atoms with Gasteiger partial charge in [-0.25, -0.2) is 0 Å². The SMILES string of the molecule is Cc1nn(C)c(C)c1CN(C)C(=S)NC1CCCCC1. The summed E-state index contributed by atoms with van der Waals surface area (Å²) in [7, 11) is 4.05. The molecular formula is C15H26N4S. The van der Waals surface area contributed by atoms with Crippen LogP contribution in [0.4, 0.5) is 0 Å². The molecule has 4 nitrogen and oxygen atoms in total. The van der Waals surface area contributed by atoms with Gasteiger partial charge in [0.15, 0.2) is 5.11 Å². The summed E-state index contributed by atoms with van der Waals surface area (Å²) in [5, 5.41) is 8.84. The van der Waals surface area contributed by atoms with Gasteiger partial charge in [0.1, 0.15) is 0 Å². The van der Waals surface area contributed by atoms with Crippen molar-refractivity contribution in [3.8, 4) is 0 Å². The zero-order valence-electron chi connectivity index (χ0n) is 13.1. The first-order valence-corrected chi connectivity index (χ1v) is 7.90. The van der Waals surface area contributed by atoms with Crippen molar-refractivity contribution in [2.45, 2.75) is 58.5 Å². The van der Waals surface area contributed by atoms with Crippen molar-refractivity contribution < 1.29 is 0 Å². The van der Waals surface area contributed by atoms with Crippen LogP contribution in [0.15, 0.2) is 0 Å². The molecule has 1 heterocycles. The normalized spacial score (nSPS) is 16.2. The molecule has 20 heavy (non-hydrogen) atoms. The Hall–Kier alpha value is -1.10. The van der Waals surface area contributed by atoms with Crippen LogP contribution in [0.3, 0.4) is 0 Å². The van der Waals surface area contributed by atoms with Crippen LogP contribution < -0.4 is 5.32 Å². The molecule has 1 aromatic rings. The predicted molar refractivity (Wildman–Crippen MR) is 86.8 cm³/mol. The van der Waals surface area contributed by atoms with Gasteiger partial charge in [-0.05, 0) is 38.9 Å². The van der Waals surface area contributed by atoms with Gasteiger partial charge in [0, 0.05) is 37.9 Å². The summed E-state index contributed by atoms with van der Waals surface area (Å²) in [5.74, 6) is 0. The molecule has 0 spiro atoms. The van der Waals surface area contributed by atoms with E-state index in [0.717, 1.165) is 17.4 Å². The van der Waals surface area contributed by atoms with Crippen LogP contribution in [0, 0.1) is 13.8 Å². The minimum atomic E-state index is 0.565. The Labute approximate surface area is 127 Å². The van der Waals surface area contributed by atoms with Gasteiger partial charge >= 0.3 is 0 Å². The van der Waals surface area contributed by atoms with E-state index in [1.807, 2.05) is 11.7 Å². The lowest BCUT2D eigenvalue weighted by molar-refractivity contribution is 0.392. The fraction of sp³-hybridized carbons (Fsp3) is 0.733. The lowest BCUT2D eigenvalue weighted by Crippen LogP contribution is -2.43. The molecule has 5 heteroatoms. The van der Waals surface area contributed by atoms with Crippen LogP contribution >= 0.6 is 12.2 Å². The Morgan fingerprint density at radius 2 is 2.00 bits per heavy atom. The van der Waals surface area contributed by atoms with E-state index in [0.29, 0.717) is 6.04 Å². The Morgan fingerprint density at radius 1 is 1.35 bits per heavy atom. The first kappa shape index (κ1) is 15.3. The van der Waals surface area contributed by atoms with Gasteiger partial charge in [-0.3, -0.25) is 4.68 Å². The first-order valence-electron chi connectivity index (χ1n) is 7.49. The predicted octanol–water partition coefficient (Wildman–Crippen LogP) is 2.68. The highest BCUT2D eigenvalue weighted by atomic mass is 32.1. The van der Waals surface area contributed by atoms with Crippen molar-refractivity contribution in [2.75, 3.05) is 7.05 Å². The fourth-order valence-electron chi connectivity index (χ4n) is 2.89. The van der Waals surface area contributed by atoms with Crippen LogP contribution in [-0.4, -0.2) is 32.9 Å². The van der Waals surface area contributed by atoms with E-state index in [1.165, 1.54) is 43.4 Å². The highest BCUT2D eigenvalue weighted by Crippen LogP contribution is 2.18. The molecule has 1 fully saturated rings. The van der Waals surface area contributed by atoms with Crippen molar-refractivity contribution in [3.05, 3.63) is 17.0 Å². The van der Waals surface area contributed by atoms with Gasteiger partial charge in [0.05, 0.1) is 5.69 Å². The molecule has 0 aromatic carbocycles. The van der Waals surface area contributed by atoms with E-state index in [-0.39, 0.29) is 0 Å². The standard InChI is InChI=1S/C15H26N4S/c1-11-14(12(2)19(4)17-11)10-18(3)15(20)16-13-8-6-5-7-9-13/h13H,5-10H2,1-4H3,(H,16,20). The zero-order chi connectivity index (χ0) is 14.7. The number of aromatic nitrogens is 2. The molecule has 2 rings (SSSR count). The lowest BCUT2D eigenvalue weighted by atomic mass is 9.96. The van der Waals surface area contributed by atoms with Crippen molar-refractivity contribution >= 4 is 17.3 Å². The second kappa shape index (κ2) is 6.57. The summed E-state index contributed by atoms with van der Waals surface area (Å²) in [4.78, 5) is 2.13. The quantitative estimate of drug-likeness (QED) is 0.869. The van der Waals surface area contributed by atoms with Gasteiger partial charge in [-0.15, -0.1) is 0 Å². The summed E-state index contributed by atoms with van der Waals surface area (Å²) in [6, 6.07) is 0.565. The molecule has 0 bridgehead atoms. The largest absolute Gasteiger partial charge is 0.360 e. The minimum absolute atomic E-state index is 0.565. The van der Waals surface area contributed by atoms with Crippen molar-refractivity contribution in [3.63, 3.8) is 0 Å². The maximum Gasteiger partial charge on any atom is 0.169 e. The number of hydrogen-bond acceptors (Lipinski definition) is 2. The highest BCUT2D eigenvalue weighted by Gasteiger charge is 2.17. The van der Waals surface area contributed by atoms with E-state index in [2.05, 4.69) is 36.2 Å². The van der Waals surface area contributed by atoms with E-state index in [4.69, 9.17) is 12.2 Å². The van der Waals surface area contributed by atoms with E-state index < -0.39 is 0 Å². The summed E-state index contributed by atoms with van der Waals surface area (Å²) in [5.41, 5.74) is 3.59. The number of nitrogens with one attached hydrogen (secondary N) is 1. The highest BCUT2D eigenvalue weighted by molar-refractivity contribution is 7.80. The lowest BCUT2D eigenvalue weighted by Gasteiger charge is -2.28. The molecule has 0 atom stereocenters. The Bertz CT molecular complexity index is 474. The number of aryl methyl sites for hydroxylation is 2. The summed E-state index contributed by atoms with van der Waals surface area (Å²) in [6.45, 7) is 5.00. The van der Waals surface area contributed by atoms with Gasteiger partial charge in [0.25, 0.3) is 0 Å². The molecule has 0 unspecified atom stereocenters. The van der Waals surface area contributed by atoms with Gasteiger partial charge in [-0.2, -0.15) is 5.10 Å². The third-order valence-electron chi connectivity index (χ3n) is 4.33. The van der Waals surface area contributed by atoms with Gasteiger partial charge in [-0.1, -0.05) is 19.3 Å². The van der Waals surface area contributed by atoms with Crippen LogP contribution in [0.25, 0.3) is 0 Å². The summed E-state index contributed by atoms with van der Waals surface area (Å²) < 4.78 is 1.94. The molecule has 0 aliphatic heterocycles. The molecule has 0 saturated heterocycles. The van der Waals surface area contributed by atoms with E-state index in [9.17, 15) is 0 Å². The third kappa shape index (κ3) is 3.51. The second-order valence-electron chi connectivity index (χ2n) is 5.91. The molecule has 1 N–H and O–H groups in total. The number of hydrogen-bond donors (Lipinski definition) is 1. The van der Waals surface area contributed by atoms with Crippen LogP contribution in [-0.2, 0) is 13.6 Å². The molecule has 1 saturated carbocycles. The maximum absolute atomic E-state index is 5.54. The Morgan fingerprint density at radius 3 is 2.55 bits per heavy atom. The average molecular weight is 294 g/mol. The molecule has 1 aliphatic carbocycles. The van der Waals surface area contributed by atoms with Gasteiger partial charge < -0.3 is 10.2 Å². The fourth-order valence-corrected chi connectivity index (χ4v) is 3.12. The number of nitrogens with zero attached hydrogens (tertiary/aromatic N) is 3. The van der Waals surface area contributed by atoms with Crippen LogP contribution in [0.5, 0.6) is 0 Å². The van der Waals surface area contributed by atoms with Crippen molar-refractivity contribution in [2.24, 2.45) is 7.05 Å². The smallest absolute Gasteiger partial charge is 0.169 e. The Balaban J connectivity index is 1.93. The van der Waals surface area contributed by atoms with Crippen LogP contribution in [0.2, 0.25) is 0 Å². The van der Waals surface area contributed by atoms with E-state index in [1.54, 1.807) is 0 Å². The number of rotatable bonds is 3. The van der Waals surface area contributed by atoms with Crippen molar-refractivity contribution in [1.29, 1.82) is 0 Å². The summed E-state index contributed by atoms with van der Waals surface area (Å²) in [6.07, 6.45) is 6.52. The number of thiocarbonyl (C=S) groups is 1. The van der Waals surface area contributed by atoms with E-state index >= 15 is 0 Å². The molecule has 1 aromatic heterocycles. The molecular weight excluding hydrogens is 268 g/mol. The maximum atomic E-state index is 5.54. The second-order valence-corrected chi connectivity index (χ2v) is 6.30. The molecule has 1 aliphatic rings. The molecule has 0 amide bonds.